The molecule has 0 aromatic rings. The third kappa shape index (κ3) is 17.0. The second-order valence-electron chi connectivity index (χ2n) is 4.68. The molecule has 0 amide bonds. The van der Waals surface area contributed by atoms with Crippen molar-refractivity contribution in [1.29, 1.82) is 0 Å². The molecule has 0 fully saturated rings. The van der Waals surface area contributed by atoms with Crippen LogP contribution in [0.2, 0.25) is 0 Å². The summed E-state index contributed by atoms with van der Waals surface area (Å²) in [6, 6.07) is 0. The zero-order valence-corrected chi connectivity index (χ0v) is 12.9. The van der Waals surface area contributed by atoms with E-state index in [1.54, 1.807) is 0 Å². The molecule has 0 aromatic carbocycles. The molecule has 0 saturated carbocycles. The maximum Gasteiger partial charge on any atom is 3.00 e. The van der Waals surface area contributed by atoms with Crippen molar-refractivity contribution in [2.24, 2.45) is 5.73 Å². The first-order valence-corrected chi connectivity index (χ1v) is 7.12. The summed E-state index contributed by atoms with van der Waals surface area (Å²) in [6.45, 7) is 3.15. The summed E-state index contributed by atoms with van der Waals surface area (Å²) in [7, 11) is 0. The zero-order valence-electron chi connectivity index (χ0n) is 11.1. The standard InChI is InChI=1S/C14H31N.Ru/c1-2-3-4-5-6-7-8-9-10-11-12-13-14-15;/h2-15H2,1H3;/q;+3. The van der Waals surface area contributed by atoms with Gasteiger partial charge in [-0.15, -0.1) is 0 Å². The Bertz CT molecular complexity index is 94.9. The molecule has 0 spiro atoms. The third-order valence-corrected chi connectivity index (χ3v) is 3.06. The van der Waals surface area contributed by atoms with E-state index >= 15 is 0 Å². The van der Waals surface area contributed by atoms with Crippen LogP contribution in [0.15, 0.2) is 0 Å². The van der Waals surface area contributed by atoms with Crippen molar-refractivity contribution >= 4 is 0 Å². The molecule has 0 bridgehead atoms. The van der Waals surface area contributed by atoms with Gasteiger partial charge in [0.05, 0.1) is 0 Å². The first-order valence-electron chi connectivity index (χ1n) is 7.12. The molecule has 0 rings (SSSR count). The second-order valence-corrected chi connectivity index (χ2v) is 4.68. The van der Waals surface area contributed by atoms with E-state index in [-0.39, 0.29) is 19.5 Å². The predicted molar refractivity (Wildman–Crippen MR) is 70.1 cm³/mol. The van der Waals surface area contributed by atoms with Crippen molar-refractivity contribution in [3.8, 4) is 0 Å². The van der Waals surface area contributed by atoms with Crippen LogP contribution in [0, 0.1) is 0 Å². The van der Waals surface area contributed by atoms with Gasteiger partial charge in [0.15, 0.2) is 0 Å². The second kappa shape index (κ2) is 18.0. The monoisotopic (exact) mass is 315 g/mol. The Morgan fingerprint density at radius 1 is 0.562 bits per heavy atom. The van der Waals surface area contributed by atoms with Crippen molar-refractivity contribution in [2.45, 2.75) is 84.0 Å². The molecule has 0 aliphatic rings. The number of rotatable bonds is 12. The van der Waals surface area contributed by atoms with Crippen molar-refractivity contribution in [2.75, 3.05) is 6.54 Å². The molecule has 0 aliphatic heterocycles. The van der Waals surface area contributed by atoms with Gasteiger partial charge in [-0.3, -0.25) is 0 Å². The van der Waals surface area contributed by atoms with Gasteiger partial charge in [-0.1, -0.05) is 77.6 Å². The summed E-state index contributed by atoms with van der Waals surface area (Å²) in [5.74, 6) is 0. The summed E-state index contributed by atoms with van der Waals surface area (Å²) in [4.78, 5) is 0. The van der Waals surface area contributed by atoms with Gasteiger partial charge in [0.1, 0.15) is 0 Å². The molecular weight excluding hydrogens is 283 g/mol. The maximum absolute atomic E-state index is 5.45. The SMILES string of the molecule is CCCCCCCCCCCCCCN.[Ru+3]. The summed E-state index contributed by atoms with van der Waals surface area (Å²) in [5, 5.41) is 0. The van der Waals surface area contributed by atoms with E-state index in [0.29, 0.717) is 0 Å². The Balaban J connectivity index is 0. The molecule has 0 heterocycles. The molecule has 0 saturated heterocycles. The Morgan fingerprint density at radius 3 is 1.19 bits per heavy atom. The molecule has 16 heavy (non-hydrogen) atoms. The third-order valence-electron chi connectivity index (χ3n) is 3.06. The summed E-state index contributed by atoms with van der Waals surface area (Å²) >= 11 is 0. The first kappa shape index (κ1) is 18.9. The van der Waals surface area contributed by atoms with Gasteiger partial charge in [0.2, 0.25) is 0 Å². The van der Waals surface area contributed by atoms with Crippen molar-refractivity contribution in [3.63, 3.8) is 0 Å². The van der Waals surface area contributed by atoms with Crippen LogP contribution in [-0.2, 0) is 19.5 Å². The van der Waals surface area contributed by atoms with Gasteiger partial charge in [-0.25, -0.2) is 0 Å². The summed E-state index contributed by atoms with van der Waals surface area (Å²) in [5.41, 5.74) is 5.45. The quantitative estimate of drug-likeness (QED) is 0.412. The van der Waals surface area contributed by atoms with Gasteiger partial charge in [0.25, 0.3) is 0 Å². The molecule has 1 nitrogen and oxygen atoms in total. The van der Waals surface area contributed by atoms with Crippen LogP contribution in [-0.4, -0.2) is 6.54 Å². The fraction of sp³-hybridized carbons (Fsp3) is 1.00. The smallest absolute Gasteiger partial charge is 0.330 e. The average molecular weight is 314 g/mol. The summed E-state index contributed by atoms with van der Waals surface area (Å²) in [6.07, 6.45) is 16.9. The fourth-order valence-corrected chi connectivity index (χ4v) is 1.99. The van der Waals surface area contributed by atoms with Gasteiger partial charge in [0, 0.05) is 0 Å². The Morgan fingerprint density at radius 2 is 0.875 bits per heavy atom. The minimum atomic E-state index is 0. The molecule has 2 N–H and O–H groups in total. The van der Waals surface area contributed by atoms with Crippen molar-refractivity contribution in [1.82, 2.24) is 0 Å². The minimum Gasteiger partial charge on any atom is -0.330 e. The number of unbranched alkanes of at least 4 members (excludes halogenated alkanes) is 11. The van der Waals surface area contributed by atoms with Crippen molar-refractivity contribution < 1.29 is 19.5 Å². The van der Waals surface area contributed by atoms with Crippen LogP contribution in [0.1, 0.15) is 84.0 Å². The Kier molecular flexibility index (Phi) is 21.3. The van der Waals surface area contributed by atoms with E-state index in [4.69, 9.17) is 5.73 Å². The largest absolute Gasteiger partial charge is 3.00 e. The maximum atomic E-state index is 5.45. The van der Waals surface area contributed by atoms with E-state index < -0.39 is 0 Å². The van der Waals surface area contributed by atoms with E-state index in [0.717, 1.165) is 6.54 Å². The molecule has 0 aliphatic carbocycles. The van der Waals surface area contributed by atoms with E-state index in [2.05, 4.69) is 6.92 Å². The Labute approximate surface area is 116 Å². The fourth-order valence-electron chi connectivity index (χ4n) is 1.99. The predicted octanol–water partition coefficient (Wildman–Crippen LogP) is 4.64. The zero-order chi connectivity index (χ0) is 11.2. The summed E-state index contributed by atoms with van der Waals surface area (Å²) < 4.78 is 0. The van der Waals surface area contributed by atoms with E-state index in [9.17, 15) is 0 Å². The molecule has 0 unspecified atom stereocenters. The number of hydrogen-bond donors (Lipinski definition) is 1. The molecule has 97 valence electrons. The molecule has 0 atom stereocenters. The number of hydrogen-bond acceptors (Lipinski definition) is 1. The van der Waals surface area contributed by atoms with Crippen LogP contribution >= 0.6 is 0 Å². The molecule has 2 heteroatoms. The first-order chi connectivity index (χ1) is 7.41. The van der Waals surface area contributed by atoms with Gasteiger partial charge < -0.3 is 5.73 Å². The molecule has 1 radical (unpaired) electrons. The molecular formula is C14H31NRu+3. The van der Waals surface area contributed by atoms with Crippen LogP contribution in [0.5, 0.6) is 0 Å². The average Bonchev–Trinajstić information content (AvgIpc) is 2.26. The normalized spacial score (nSPS) is 10.1. The molecule has 0 aromatic heterocycles. The van der Waals surface area contributed by atoms with E-state index in [1.165, 1.54) is 77.0 Å². The van der Waals surface area contributed by atoms with E-state index in [1.807, 2.05) is 0 Å². The van der Waals surface area contributed by atoms with Gasteiger partial charge >= 0.3 is 19.5 Å². The van der Waals surface area contributed by atoms with Crippen LogP contribution in [0.3, 0.4) is 0 Å². The van der Waals surface area contributed by atoms with Crippen LogP contribution in [0.4, 0.5) is 0 Å². The van der Waals surface area contributed by atoms with Crippen LogP contribution in [0.25, 0.3) is 0 Å². The number of nitrogens with two attached hydrogens (primary N) is 1. The van der Waals surface area contributed by atoms with Crippen LogP contribution < -0.4 is 5.73 Å². The van der Waals surface area contributed by atoms with Gasteiger partial charge in [-0.05, 0) is 13.0 Å². The Hall–Kier alpha value is 0.583. The topological polar surface area (TPSA) is 26.0 Å². The minimum absolute atomic E-state index is 0. The van der Waals surface area contributed by atoms with Crippen molar-refractivity contribution in [3.05, 3.63) is 0 Å². The van der Waals surface area contributed by atoms with Gasteiger partial charge in [-0.2, -0.15) is 0 Å².